The summed E-state index contributed by atoms with van der Waals surface area (Å²) >= 11 is 6.48. The number of nitrogens with zero attached hydrogens (tertiary/aromatic N) is 1. The number of benzene rings is 2. The molecule has 2 aromatic carbocycles. The predicted molar refractivity (Wildman–Crippen MR) is 136 cm³/mol. The van der Waals surface area contributed by atoms with E-state index in [0.29, 0.717) is 12.5 Å². The highest BCUT2D eigenvalue weighted by molar-refractivity contribution is 6.31. The molecule has 1 saturated heterocycles. The monoisotopic (exact) mass is 466 g/mol. The number of nitrogens with one attached hydrogen (secondary N) is 1. The number of carbonyl (C=O) groups excluding carboxylic acids is 1. The second-order valence-corrected chi connectivity index (χ2v) is 10.3. The van der Waals surface area contributed by atoms with E-state index in [0.717, 1.165) is 55.2 Å². The summed E-state index contributed by atoms with van der Waals surface area (Å²) in [4.78, 5) is 14.1. The Hall–Kier alpha value is -2.30. The van der Waals surface area contributed by atoms with Crippen molar-refractivity contribution in [1.82, 2.24) is 10.2 Å². The van der Waals surface area contributed by atoms with E-state index in [-0.39, 0.29) is 11.8 Å². The highest BCUT2D eigenvalue weighted by Gasteiger charge is 2.32. The van der Waals surface area contributed by atoms with Crippen LogP contribution in [0.25, 0.3) is 5.57 Å². The number of aryl methyl sites for hydroxylation is 1. The molecule has 1 heterocycles. The van der Waals surface area contributed by atoms with Gasteiger partial charge in [0.15, 0.2) is 0 Å². The summed E-state index contributed by atoms with van der Waals surface area (Å²) in [5.74, 6) is 1.80. The molecule has 0 saturated carbocycles. The summed E-state index contributed by atoms with van der Waals surface area (Å²) in [5, 5.41) is 3.58. The van der Waals surface area contributed by atoms with Crippen molar-refractivity contribution in [3.63, 3.8) is 0 Å². The lowest BCUT2D eigenvalue weighted by Gasteiger charge is -2.39. The predicted octanol–water partition coefficient (Wildman–Crippen LogP) is 5.52. The third-order valence-corrected chi connectivity index (χ3v) is 7.20. The summed E-state index contributed by atoms with van der Waals surface area (Å²) in [6.07, 6.45) is 3.09. The fraction of sp³-hybridized carbons (Fsp3) is 0.464. The number of hydrogen-bond acceptors (Lipinski definition) is 3. The van der Waals surface area contributed by atoms with Crippen LogP contribution in [0.2, 0.25) is 5.02 Å². The van der Waals surface area contributed by atoms with Crippen molar-refractivity contribution in [1.29, 1.82) is 0 Å². The van der Waals surface area contributed by atoms with Crippen LogP contribution >= 0.6 is 11.6 Å². The first-order valence-corrected chi connectivity index (χ1v) is 12.4. The molecular weight excluding hydrogens is 432 g/mol. The highest BCUT2D eigenvalue weighted by atomic mass is 35.5. The van der Waals surface area contributed by atoms with Gasteiger partial charge in [0.25, 0.3) is 0 Å². The van der Waals surface area contributed by atoms with Gasteiger partial charge >= 0.3 is 0 Å². The molecule has 0 aromatic heterocycles. The normalized spacial score (nSPS) is 16.5. The summed E-state index contributed by atoms with van der Waals surface area (Å²) in [5.41, 5.74) is 7.83. The number of hydrogen-bond donors (Lipinski definition) is 1. The maximum absolute atomic E-state index is 11.7. The molecule has 33 heavy (non-hydrogen) atoms. The molecule has 1 aliphatic carbocycles. The van der Waals surface area contributed by atoms with Crippen LogP contribution in [0, 0.1) is 11.8 Å². The smallest absolute Gasteiger partial charge is 0.225 e. The van der Waals surface area contributed by atoms with Gasteiger partial charge < -0.3 is 10.1 Å². The average molecular weight is 467 g/mol. The molecule has 0 unspecified atom stereocenters. The van der Waals surface area contributed by atoms with Gasteiger partial charge in [-0.3, -0.25) is 9.69 Å². The van der Waals surface area contributed by atoms with Crippen LogP contribution in [0.3, 0.4) is 0 Å². The molecule has 1 N–H and O–H groups in total. The van der Waals surface area contributed by atoms with Gasteiger partial charge in [-0.25, -0.2) is 0 Å². The highest BCUT2D eigenvalue weighted by Crippen LogP contribution is 2.35. The summed E-state index contributed by atoms with van der Waals surface area (Å²) in [6, 6.07) is 12.7. The Morgan fingerprint density at radius 1 is 1.18 bits per heavy atom. The molecule has 5 heteroatoms. The van der Waals surface area contributed by atoms with Gasteiger partial charge in [0.2, 0.25) is 5.91 Å². The van der Waals surface area contributed by atoms with Crippen molar-refractivity contribution in [2.75, 3.05) is 26.7 Å². The zero-order valence-electron chi connectivity index (χ0n) is 20.2. The number of amides is 1. The molecule has 1 amide bonds. The maximum Gasteiger partial charge on any atom is 0.225 e. The van der Waals surface area contributed by atoms with E-state index < -0.39 is 0 Å². The van der Waals surface area contributed by atoms with Crippen LogP contribution in [0.1, 0.15) is 49.4 Å². The largest absolute Gasteiger partial charge is 0.489 e. The average Bonchev–Trinajstić information content (AvgIpc) is 2.76. The molecule has 0 radical (unpaired) electrons. The Balaban J connectivity index is 1.37. The van der Waals surface area contributed by atoms with Crippen LogP contribution in [0.5, 0.6) is 5.75 Å². The molecular formula is C28H35ClN2O2. The summed E-state index contributed by atoms with van der Waals surface area (Å²) in [6.45, 7) is 9.84. The van der Waals surface area contributed by atoms with Gasteiger partial charge in [0, 0.05) is 31.7 Å². The minimum Gasteiger partial charge on any atom is -0.489 e. The van der Waals surface area contributed by atoms with Gasteiger partial charge in [-0.1, -0.05) is 49.2 Å². The number of halogens is 1. The van der Waals surface area contributed by atoms with Crippen molar-refractivity contribution < 1.29 is 9.53 Å². The van der Waals surface area contributed by atoms with Crippen LogP contribution in [0.4, 0.5) is 0 Å². The van der Waals surface area contributed by atoms with E-state index >= 15 is 0 Å². The first-order valence-electron chi connectivity index (χ1n) is 12.0. The zero-order valence-corrected chi connectivity index (χ0v) is 21.0. The van der Waals surface area contributed by atoms with Crippen molar-refractivity contribution in [2.45, 2.75) is 46.6 Å². The van der Waals surface area contributed by atoms with Crippen molar-refractivity contribution in [3.8, 4) is 5.75 Å². The lowest BCUT2D eigenvalue weighted by Crippen LogP contribution is -2.53. The Morgan fingerprint density at radius 2 is 1.97 bits per heavy atom. The molecule has 4 nitrogen and oxygen atoms in total. The van der Waals surface area contributed by atoms with E-state index in [9.17, 15) is 4.79 Å². The molecule has 2 aromatic rings. The minimum atomic E-state index is 0.146. The van der Waals surface area contributed by atoms with Gasteiger partial charge in [-0.2, -0.15) is 0 Å². The maximum atomic E-state index is 11.7. The van der Waals surface area contributed by atoms with E-state index in [1.165, 1.54) is 27.8 Å². The SMILES string of the molecule is CNC(=O)C1CN(CC2=C(C)c3ccc(OCc4ccc(CC(C)C)c(Cl)c4)cc3CC2)C1. The van der Waals surface area contributed by atoms with E-state index in [4.69, 9.17) is 16.3 Å². The Kier molecular flexibility index (Phi) is 7.45. The zero-order chi connectivity index (χ0) is 23.5. The number of ether oxygens (including phenoxy) is 1. The molecule has 1 aliphatic heterocycles. The van der Waals surface area contributed by atoms with E-state index in [1.54, 1.807) is 7.05 Å². The molecule has 1 fully saturated rings. The first-order chi connectivity index (χ1) is 15.8. The number of allylic oxidation sites excluding steroid dienone is 1. The number of rotatable bonds is 8. The minimum absolute atomic E-state index is 0.146. The Bertz CT molecular complexity index is 1050. The number of likely N-dealkylation sites (tertiary alicyclic amines) is 1. The third kappa shape index (κ3) is 5.62. The third-order valence-electron chi connectivity index (χ3n) is 6.85. The van der Waals surface area contributed by atoms with Crippen molar-refractivity contribution >= 4 is 23.1 Å². The second-order valence-electron chi connectivity index (χ2n) is 9.87. The number of fused-ring (bicyclic) bond motifs is 1. The van der Waals surface area contributed by atoms with Gasteiger partial charge in [-0.05, 0) is 78.1 Å². The quantitative estimate of drug-likeness (QED) is 0.557. The van der Waals surface area contributed by atoms with E-state index in [2.05, 4.69) is 61.3 Å². The van der Waals surface area contributed by atoms with Crippen LogP contribution in [-0.2, 0) is 24.2 Å². The van der Waals surface area contributed by atoms with Crippen LogP contribution < -0.4 is 10.1 Å². The first kappa shape index (κ1) is 23.8. The van der Waals surface area contributed by atoms with Gasteiger partial charge in [0.05, 0.1) is 5.92 Å². The molecule has 0 atom stereocenters. The van der Waals surface area contributed by atoms with Gasteiger partial charge in [0.1, 0.15) is 12.4 Å². The standard InChI is InChI=1S/C28H35ClN2O2/c1-18(2)11-22-6-5-20(12-27(22)29)17-33-25-9-10-26-19(3)23(8-7-21(26)13-25)14-31-15-24(16-31)28(32)30-4/h5-6,9-10,12-13,18,24H,7-8,11,14-17H2,1-4H3,(H,30,32). The number of carbonyl (C=O) groups is 1. The van der Waals surface area contributed by atoms with Gasteiger partial charge in [-0.15, -0.1) is 0 Å². The second kappa shape index (κ2) is 10.3. The lowest BCUT2D eigenvalue weighted by molar-refractivity contribution is -0.129. The topological polar surface area (TPSA) is 41.6 Å². The summed E-state index contributed by atoms with van der Waals surface area (Å²) in [7, 11) is 1.71. The van der Waals surface area contributed by atoms with Crippen molar-refractivity contribution in [2.24, 2.45) is 11.8 Å². The summed E-state index contributed by atoms with van der Waals surface area (Å²) < 4.78 is 6.11. The van der Waals surface area contributed by atoms with Crippen molar-refractivity contribution in [3.05, 3.63) is 69.2 Å². The molecule has 4 rings (SSSR count). The van der Waals surface area contributed by atoms with E-state index in [1.807, 2.05) is 6.07 Å². The fourth-order valence-electron chi connectivity index (χ4n) is 4.89. The lowest BCUT2D eigenvalue weighted by atomic mass is 9.85. The molecule has 2 aliphatic rings. The molecule has 0 bridgehead atoms. The molecule has 176 valence electrons. The Morgan fingerprint density at radius 3 is 2.67 bits per heavy atom. The molecule has 0 spiro atoms. The van der Waals surface area contributed by atoms with Crippen LogP contribution in [0.15, 0.2) is 42.0 Å². The van der Waals surface area contributed by atoms with Crippen LogP contribution in [-0.4, -0.2) is 37.5 Å². The fourth-order valence-corrected chi connectivity index (χ4v) is 5.17. The Labute approximate surface area is 203 Å².